The maximum Gasteiger partial charge on any atom is 0.325 e. The van der Waals surface area contributed by atoms with Crippen LogP contribution in [0.4, 0.5) is 4.79 Å². The van der Waals surface area contributed by atoms with E-state index < -0.39 is 24.5 Å². The van der Waals surface area contributed by atoms with Gasteiger partial charge in [-0.15, -0.1) is 0 Å². The number of carbonyl (C=O) groups is 4. The Morgan fingerprint density at radius 2 is 1.68 bits per heavy atom. The topological polar surface area (TPSA) is 127 Å². The lowest BCUT2D eigenvalue weighted by atomic mass is 9.49. The van der Waals surface area contributed by atoms with Gasteiger partial charge in [-0.2, -0.15) is 0 Å². The van der Waals surface area contributed by atoms with Crippen molar-refractivity contribution >= 4 is 23.8 Å². The second-order valence-corrected chi connectivity index (χ2v) is 9.34. The van der Waals surface area contributed by atoms with E-state index in [4.69, 9.17) is 9.15 Å². The zero-order chi connectivity index (χ0) is 21.8. The van der Waals surface area contributed by atoms with Gasteiger partial charge in [0.2, 0.25) is 5.91 Å². The first-order valence-electron chi connectivity index (χ1n) is 10.9. The number of esters is 1. The van der Waals surface area contributed by atoms with Crippen LogP contribution in [0.15, 0.2) is 22.8 Å². The minimum absolute atomic E-state index is 0.103. The molecule has 0 aromatic carbocycles. The molecule has 4 fully saturated rings. The second-order valence-electron chi connectivity index (χ2n) is 9.34. The number of carbonyl (C=O) groups excluding carboxylic acids is 4. The molecule has 168 valence electrons. The summed E-state index contributed by atoms with van der Waals surface area (Å²) in [6.45, 7) is -0.761. The van der Waals surface area contributed by atoms with E-state index in [-0.39, 0.29) is 24.4 Å². The lowest BCUT2D eigenvalue weighted by Gasteiger charge is -2.56. The zero-order valence-corrected chi connectivity index (χ0v) is 17.5. The van der Waals surface area contributed by atoms with Crippen LogP contribution >= 0.6 is 0 Å². The summed E-state index contributed by atoms with van der Waals surface area (Å²) < 4.78 is 9.89. The van der Waals surface area contributed by atoms with Crippen molar-refractivity contribution in [3.8, 4) is 0 Å². The predicted octanol–water partition coefficient (Wildman–Crippen LogP) is 1.87. The fraction of sp³-hybridized carbons (Fsp3) is 0.636. The van der Waals surface area contributed by atoms with Gasteiger partial charge < -0.3 is 19.8 Å². The van der Waals surface area contributed by atoms with Crippen molar-refractivity contribution in [2.24, 2.45) is 23.2 Å². The third-order valence-corrected chi connectivity index (χ3v) is 6.75. The predicted molar refractivity (Wildman–Crippen MR) is 108 cm³/mol. The Bertz CT molecular complexity index is 799. The highest BCUT2D eigenvalue weighted by Crippen LogP contribution is 2.61. The summed E-state index contributed by atoms with van der Waals surface area (Å²) in [5.74, 6) is 1.21. The number of nitrogens with one attached hydrogen (secondary N) is 3. The highest BCUT2D eigenvalue weighted by Gasteiger charge is 2.51. The molecule has 4 saturated carbocycles. The summed E-state index contributed by atoms with van der Waals surface area (Å²) >= 11 is 0. The van der Waals surface area contributed by atoms with Crippen LogP contribution in [0.5, 0.6) is 0 Å². The monoisotopic (exact) mass is 431 g/mol. The first-order valence-corrected chi connectivity index (χ1v) is 10.9. The molecule has 31 heavy (non-hydrogen) atoms. The Balaban J connectivity index is 1.11. The van der Waals surface area contributed by atoms with Crippen molar-refractivity contribution < 1.29 is 28.3 Å². The molecule has 0 unspecified atom stereocenters. The average Bonchev–Trinajstić information content (AvgIpc) is 3.21. The molecule has 0 atom stereocenters. The van der Waals surface area contributed by atoms with Gasteiger partial charge in [0, 0.05) is 6.42 Å². The smallest absolute Gasteiger partial charge is 0.325 e. The van der Waals surface area contributed by atoms with E-state index in [0.717, 1.165) is 37.0 Å². The molecular formula is C22H29N3O6. The summed E-state index contributed by atoms with van der Waals surface area (Å²) in [7, 11) is 0. The molecule has 0 aliphatic heterocycles. The molecule has 1 aromatic rings. The van der Waals surface area contributed by atoms with E-state index in [1.54, 1.807) is 12.1 Å². The number of hydrogen-bond donors (Lipinski definition) is 3. The number of ether oxygens (including phenoxy) is 1. The summed E-state index contributed by atoms with van der Waals surface area (Å²) in [6, 6.07) is 2.64. The van der Waals surface area contributed by atoms with E-state index in [9.17, 15) is 19.2 Å². The van der Waals surface area contributed by atoms with Gasteiger partial charge in [-0.1, -0.05) is 0 Å². The second kappa shape index (κ2) is 9.11. The maximum absolute atomic E-state index is 12.4. The van der Waals surface area contributed by atoms with Gasteiger partial charge in [-0.25, -0.2) is 4.79 Å². The van der Waals surface area contributed by atoms with E-state index in [0.29, 0.717) is 12.2 Å². The van der Waals surface area contributed by atoms with Gasteiger partial charge in [-0.3, -0.25) is 19.7 Å². The third-order valence-electron chi connectivity index (χ3n) is 6.75. The molecule has 1 aromatic heterocycles. The summed E-state index contributed by atoms with van der Waals surface area (Å²) in [5.41, 5.74) is 0.103. The standard InChI is InChI=1S/C22H29N3O6/c26-18(10-22-7-14-4-15(8-22)6-16(5-14)9-22)23-12-20(28)31-13-19(27)25-21(29)24-11-17-2-1-3-30-17/h1-3,14-16H,4-13H2,(H,23,26)(H2,24,25,27,29). The van der Waals surface area contributed by atoms with Gasteiger partial charge in [0.25, 0.3) is 5.91 Å². The lowest BCUT2D eigenvalue weighted by molar-refractivity contribution is -0.148. The van der Waals surface area contributed by atoms with Crippen LogP contribution in [0.25, 0.3) is 0 Å². The Morgan fingerprint density at radius 3 is 2.29 bits per heavy atom. The van der Waals surface area contributed by atoms with E-state index in [1.165, 1.54) is 25.5 Å². The van der Waals surface area contributed by atoms with Gasteiger partial charge in [0.15, 0.2) is 6.61 Å². The molecule has 5 rings (SSSR count). The Hall–Kier alpha value is -2.84. The van der Waals surface area contributed by atoms with Crippen molar-refractivity contribution in [3.63, 3.8) is 0 Å². The van der Waals surface area contributed by atoms with E-state index >= 15 is 0 Å². The lowest BCUT2D eigenvalue weighted by Crippen LogP contribution is -2.48. The van der Waals surface area contributed by atoms with Crippen LogP contribution in [0, 0.1) is 23.2 Å². The number of hydrogen-bond acceptors (Lipinski definition) is 6. The number of imide groups is 1. The van der Waals surface area contributed by atoms with Crippen LogP contribution in [-0.2, 0) is 25.7 Å². The quantitative estimate of drug-likeness (QED) is 0.540. The van der Waals surface area contributed by atoms with Crippen LogP contribution in [-0.4, -0.2) is 37.0 Å². The number of urea groups is 1. The van der Waals surface area contributed by atoms with Crippen molar-refractivity contribution in [3.05, 3.63) is 24.2 Å². The first-order chi connectivity index (χ1) is 14.9. The molecular weight excluding hydrogens is 402 g/mol. The summed E-state index contributed by atoms with van der Waals surface area (Å²) in [6.07, 6.45) is 9.25. The Morgan fingerprint density at radius 1 is 1.00 bits per heavy atom. The van der Waals surface area contributed by atoms with Crippen LogP contribution in [0.1, 0.15) is 50.7 Å². The summed E-state index contributed by atoms with van der Waals surface area (Å²) in [4.78, 5) is 47.6. The molecule has 0 radical (unpaired) electrons. The third kappa shape index (κ3) is 5.65. The van der Waals surface area contributed by atoms with Gasteiger partial charge in [0.1, 0.15) is 12.3 Å². The maximum atomic E-state index is 12.4. The van der Waals surface area contributed by atoms with Gasteiger partial charge in [-0.05, 0) is 73.8 Å². The molecule has 4 bridgehead atoms. The molecule has 4 aliphatic rings. The molecule has 0 saturated heterocycles. The Labute approximate surface area is 180 Å². The number of rotatable bonds is 8. The SMILES string of the molecule is O=C(CC12CC3CC(CC(C3)C1)C2)NCC(=O)OCC(=O)NC(=O)NCc1ccco1. The first kappa shape index (κ1) is 21.4. The fourth-order valence-electron chi connectivity index (χ4n) is 6.06. The molecule has 4 aliphatic carbocycles. The highest BCUT2D eigenvalue weighted by molar-refractivity contribution is 5.95. The molecule has 9 heteroatoms. The zero-order valence-electron chi connectivity index (χ0n) is 17.5. The average molecular weight is 431 g/mol. The minimum Gasteiger partial charge on any atom is -0.467 e. The molecule has 1 heterocycles. The van der Waals surface area contributed by atoms with Crippen LogP contribution in [0.2, 0.25) is 0 Å². The molecule has 0 spiro atoms. The highest BCUT2D eigenvalue weighted by atomic mass is 16.5. The van der Waals surface area contributed by atoms with Crippen molar-refractivity contribution in [2.45, 2.75) is 51.5 Å². The normalized spacial score (nSPS) is 28.1. The Kier molecular flexibility index (Phi) is 6.29. The summed E-state index contributed by atoms with van der Waals surface area (Å²) in [5, 5.41) is 7.12. The van der Waals surface area contributed by atoms with Crippen molar-refractivity contribution in [2.75, 3.05) is 13.2 Å². The van der Waals surface area contributed by atoms with E-state index in [1.807, 2.05) is 0 Å². The van der Waals surface area contributed by atoms with Gasteiger partial charge in [0.05, 0.1) is 12.8 Å². The number of furan rings is 1. The van der Waals surface area contributed by atoms with Crippen molar-refractivity contribution in [1.29, 1.82) is 0 Å². The fourth-order valence-corrected chi connectivity index (χ4v) is 6.06. The van der Waals surface area contributed by atoms with Gasteiger partial charge >= 0.3 is 12.0 Å². The molecule has 3 N–H and O–H groups in total. The van der Waals surface area contributed by atoms with Crippen LogP contribution < -0.4 is 16.0 Å². The van der Waals surface area contributed by atoms with Crippen LogP contribution in [0.3, 0.4) is 0 Å². The van der Waals surface area contributed by atoms with Crippen molar-refractivity contribution in [1.82, 2.24) is 16.0 Å². The number of amides is 4. The minimum atomic E-state index is -0.759. The van der Waals surface area contributed by atoms with E-state index in [2.05, 4.69) is 16.0 Å². The molecule has 9 nitrogen and oxygen atoms in total. The molecule has 4 amide bonds. The largest absolute Gasteiger partial charge is 0.467 e.